The van der Waals surface area contributed by atoms with Gasteiger partial charge in [0, 0.05) is 5.56 Å². The third-order valence-corrected chi connectivity index (χ3v) is 3.67. The maximum Gasteiger partial charge on any atom is 0.149 e. The average molecular weight is 289 g/mol. The molecule has 0 bridgehead atoms. The molecule has 1 N–H and O–H groups in total. The van der Waals surface area contributed by atoms with E-state index in [0.717, 1.165) is 17.1 Å². The summed E-state index contributed by atoms with van der Waals surface area (Å²) in [6.07, 6.45) is 0. The molecule has 0 aliphatic heterocycles. The van der Waals surface area contributed by atoms with Crippen LogP contribution in [-0.2, 0) is 5.54 Å². The van der Waals surface area contributed by atoms with Crippen LogP contribution in [0.2, 0.25) is 0 Å². The molecule has 0 aliphatic rings. The van der Waals surface area contributed by atoms with E-state index in [1.54, 1.807) is 0 Å². The Kier molecular flexibility index (Phi) is 3.88. The second-order valence-electron chi connectivity index (χ2n) is 5.79. The summed E-state index contributed by atoms with van der Waals surface area (Å²) in [6, 6.07) is 24.4. The number of nitrogens with one attached hydrogen (secondary N) is 1. The largest absolute Gasteiger partial charge is 0.360 e. The first kappa shape index (κ1) is 14.3. The molecule has 0 spiro atoms. The van der Waals surface area contributed by atoms with Crippen molar-refractivity contribution >= 4 is 5.82 Å². The summed E-state index contributed by atoms with van der Waals surface area (Å²) >= 11 is 0. The minimum atomic E-state index is -0.204. The number of nitrogens with zero attached hydrogens (tertiary/aromatic N) is 2. The molecule has 0 saturated heterocycles. The fraction of sp³-hybridized carbons (Fsp3) is 0.158. The first-order valence-electron chi connectivity index (χ1n) is 7.38. The average Bonchev–Trinajstić information content (AvgIpc) is 2.57. The molecule has 0 radical (unpaired) electrons. The first-order valence-corrected chi connectivity index (χ1v) is 7.38. The van der Waals surface area contributed by atoms with Gasteiger partial charge in [0.15, 0.2) is 0 Å². The molecular formula is C19H19N3. The molecule has 0 unspecified atom stereocenters. The van der Waals surface area contributed by atoms with Crippen LogP contribution in [0.5, 0.6) is 0 Å². The quantitative estimate of drug-likeness (QED) is 0.769. The van der Waals surface area contributed by atoms with Gasteiger partial charge in [0.05, 0.1) is 11.2 Å². The summed E-state index contributed by atoms with van der Waals surface area (Å²) in [5, 5.41) is 12.1. The lowest BCUT2D eigenvalue weighted by Crippen LogP contribution is -2.28. The lowest BCUT2D eigenvalue weighted by atomic mass is 9.94. The zero-order valence-corrected chi connectivity index (χ0v) is 12.8. The summed E-state index contributed by atoms with van der Waals surface area (Å²) < 4.78 is 0. The molecule has 3 heteroatoms. The lowest BCUT2D eigenvalue weighted by Gasteiger charge is -2.27. The van der Waals surface area contributed by atoms with Gasteiger partial charge in [-0.25, -0.2) is 0 Å². The second kappa shape index (κ2) is 5.98. The van der Waals surface area contributed by atoms with Gasteiger partial charge in [0.2, 0.25) is 0 Å². The van der Waals surface area contributed by atoms with Crippen LogP contribution in [0, 0.1) is 0 Å². The Labute approximate surface area is 131 Å². The maximum atomic E-state index is 4.31. The van der Waals surface area contributed by atoms with Crippen LogP contribution in [0.4, 0.5) is 5.82 Å². The number of rotatable bonds is 4. The molecule has 0 amide bonds. The number of hydrogen-bond donors (Lipinski definition) is 1. The van der Waals surface area contributed by atoms with Gasteiger partial charge in [0.25, 0.3) is 0 Å². The van der Waals surface area contributed by atoms with E-state index in [1.165, 1.54) is 5.56 Å². The fourth-order valence-electron chi connectivity index (χ4n) is 2.41. The maximum absolute atomic E-state index is 4.31. The van der Waals surface area contributed by atoms with Crippen molar-refractivity contribution in [2.75, 3.05) is 5.32 Å². The van der Waals surface area contributed by atoms with Crippen LogP contribution in [0.25, 0.3) is 11.3 Å². The topological polar surface area (TPSA) is 37.8 Å². The van der Waals surface area contributed by atoms with Crippen LogP contribution in [0.3, 0.4) is 0 Å². The second-order valence-corrected chi connectivity index (χ2v) is 5.79. The summed E-state index contributed by atoms with van der Waals surface area (Å²) in [5.74, 6) is 0.772. The molecule has 2 aromatic carbocycles. The molecule has 0 saturated carbocycles. The van der Waals surface area contributed by atoms with Gasteiger partial charge in [-0.15, -0.1) is 10.2 Å². The van der Waals surface area contributed by atoms with Crippen molar-refractivity contribution < 1.29 is 0 Å². The molecule has 1 aromatic heterocycles. The van der Waals surface area contributed by atoms with E-state index in [1.807, 2.05) is 60.7 Å². The van der Waals surface area contributed by atoms with Gasteiger partial charge < -0.3 is 5.32 Å². The fourth-order valence-corrected chi connectivity index (χ4v) is 2.41. The van der Waals surface area contributed by atoms with Gasteiger partial charge in [-0.3, -0.25) is 0 Å². The number of anilines is 1. The molecule has 3 rings (SSSR count). The minimum absolute atomic E-state index is 0.204. The van der Waals surface area contributed by atoms with E-state index >= 15 is 0 Å². The van der Waals surface area contributed by atoms with E-state index in [9.17, 15) is 0 Å². The van der Waals surface area contributed by atoms with E-state index in [0.29, 0.717) is 0 Å². The molecule has 3 nitrogen and oxygen atoms in total. The molecule has 22 heavy (non-hydrogen) atoms. The first-order chi connectivity index (χ1) is 10.6. The Bertz CT molecular complexity index is 720. The van der Waals surface area contributed by atoms with Crippen LogP contribution >= 0.6 is 0 Å². The standard InChI is InChI=1S/C19H19N3/c1-19(2,16-11-7-4-8-12-16)20-18-14-13-17(21-22-18)15-9-5-3-6-10-15/h3-14H,1-2H3,(H,20,22). The molecule has 1 heterocycles. The molecule has 0 aliphatic carbocycles. The predicted molar refractivity (Wildman–Crippen MR) is 90.6 cm³/mol. The zero-order chi connectivity index (χ0) is 15.4. The SMILES string of the molecule is CC(C)(Nc1ccc(-c2ccccc2)nn1)c1ccccc1. The minimum Gasteiger partial charge on any atom is -0.360 e. The third kappa shape index (κ3) is 3.14. The normalized spacial score (nSPS) is 11.2. The highest BCUT2D eigenvalue weighted by Gasteiger charge is 2.20. The van der Waals surface area contributed by atoms with Crippen molar-refractivity contribution in [2.45, 2.75) is 19.4 Å². The van der Waals surface area contributed by atoms with Crippen LogP contribution in [-0.4, -0.2) is 10.2 Å². The Hall–Kier alpha value is -2.68. The highest BCUT2D eigenvalue weighted by Crippen LogP contribution is 2.25. The van der Waals surface area contributed by atoms with Gasteiger partial charge in [-0.2, -0.15) is 0 Å². The van der Waals surface area contributed by atoms with E-state index in [4.69, 9.17) is 0 Å². The summed E-state index contributed by atoms with van der Waals surface area (Å²) in [7, 11) is 0. The summed E-state index contributed by atoms with van der Waals surface area (Å²) in [6.45, 7) is 4.27. The van der Waals surface area contributed by atoms with Crippen molar-refractivity contribution in [3.63, 3.8) is 0 Å². The smallest absolute Gasteiger partial charge is 0.149 e. The van der Waals surface area contributed by atoms with Crippen molar-refractivity contribution in [2.24, 2.45) is 0 Å². The lowest BCUT2D eigenvalue weighted by molar-refractivity contribution is 0.604. The van der Waals surface area contributed by atoms with Crippen LogP contribution < -0.4 is 5.32 Å². The third-order valence-electron chi connectivity index (χ3n) is 3.67. The summed E-state index contributed by atoms with van der Waals surface area (Å²) in [5.41, 5.74) is 2.96. The van der Waals surface area contributed by atoms with Crippen molar-refractivity contribution in [1.29, 1.82) is 0 Å². The molecule has 0 fully saturated rings. The molecule has 110 valence electrons. The Balaban J connectivity index is 1.79. The highest BCUT2D eigenvalue weighted by atomic mass is 15.2. The van der Waals surface area contributed by atoms with E-state index < -0.39 is 0 Å². The number of aromatic nitrogens is 2. The van der Waals surface area contributed by atoms with Gasteiger partial charge in [-0.1, -0.05) is 60.7 Å². The van der Waals surface area contributed by atoms with E-state index in [-0.39, 0.29) is 5.54 Å². The van der Waals surface area contributed by atoms with Crippen LogP contribution in [0.1, 0.15) is 19.4 Å². The van der Waals surface area contributed by atoms with Crippen molar-refractivity contribution in [1.82, 2.24) is 10.2 Å². The van der Waals surface area contributed by atoms with Crippen molar-refractivity contribution in [3.8, 4) is 11.3 Å². The Morgan fingerprint density at radius 1 is 0.727 bits per heavy atom. The van der Waals surface area contributed by atoms with Gasteiger partial charge >= 0.3 is 0 Å². The molecule has 0 atom stereocenters. The van der Waals surface area contributed by atoms with Crippen molar-refractivity contribution in [3.05, 3.63) is 78.4 Å². The summed E-state index contributed by atoms with van der Waals surface area (Å²) in [4.78, 5) is 0. The van der Waals surface area contributed by atoms with Gasteiger partial charge in [0.1, 0.15) is 5.82 Å². The molecular weight excluding hydrogens is 270 g/mol. The van der Waals surface area contributed by atoms with E-state index in [2.05, 4.69) is 41.5 Å². The number of hydrogen-bond acceptors (Lipinski definition) is 3. The zero-order valence-electron chi connectivity index (χ0n) is 12.8. The molecule has 3 aromatic rings. The Morgan fingerprint density at radius 2 is 1.36 bits per heavy atom. The van der Waals surface area contributed by atoms with Crippen LogP contribution in [0.15, 0.2) is 72.8 Å². The highest BCUT2D eigenvalue weighted by molar-refractivity contribution is 5.59. The number of benzene rings is 2. The van der Waals surface area contributed by atoms with Gasteiger partial charge in [-0.05, 0) is 31.5 Å². The Morgan fingerprint density at radius 3 is 1.95 bits per heavy atom. The monoisotopic (exact) mass is 289 g/mol. The predicted octanol–water partition coefficient (Wildman–Crippen LogP) is 4.49.